The molecule has 0 aromatic carbocycles. The molecule has 0 aliphatic rings. The fourth-order valence-corrected chi connectivity index (χ4v) is 1.53. The maximum atomic E-state index is 11.4. The van der Waals surface area contributed by atoms with Crippen molar-refractivity contribution in [2.24, 2.45) is 5.73 Å². The highest BCUT2D eigenvalue weighted by Gasteiger charge is 2.08. The summed E-state index contributed by atoms with van der Waals surface area (Å²) in [7, 11) is 0. The second kappa shape index (κ2) is 14.7. The van der Waals surface area contributed by atoms with Crippen LogP contribution in [0, 0.1) is 0 Å². The molecule has 0 fully saturated rings. The maximum absolute atomic E-state index is 11.4. The Morgan fingerprint density at radius 3 is 2.10 bits per heavy atom. The van der Waals surface area contributed by atoms with Crippen molar-refractivity contribution in [3.63, 3.8) is 0 Å². The van der Waals surface area contributed by atoms with Crippen LogP contribution in [0.1, 0.15) is 33.1 Å². The van der Waals surface area contributed by atoms with E-state index in [1.165, 1.54) is 0 Å². The van der Waals surface area contributed by atoms with Gasteiger partial charge in [0, 0.05) is 6.54 Å². The van der Waals surface area contributed by atoms with Gasteiger partial charge >= 0.3 is 5.97 Å². The molecular formula is C14H29NO5. The van der Waals surface area contributed by atoms with Crippen LogP contribution in [-0.4, -0.2) is 58.3 Å². The molecule has 120 valence electrons. The Kier molecular flexibility index (Phi) is 14.2. The van der Waals surface area contributed by atoms with Crippen molar-refractivity contribution >= 4 is 5.97 Å². The van der Waals surface area contributed by atoms with E-state index in [4.69, 9.17) is 24.7 Å². The van der Waals surface area contributed by atoms with Crippen LogP contribution in [0.4, 0.5) is 0 Å². The van der Waals surface area contributed by atoms with Gasteiger partial charge in [0.25, 0.3) is 0 Å². The molecule has 0 amide bonds. The van der Waals surface area contributed by atoms with E-state index in [0.717, 1.165) is 12.8 Å². The summed E-state index contributed by atoms with van der Waals surface area (Å²) in [4.78, 5) is 11.4. The third-order valence-electron chi connectivity index (χ3n) is 2.48. The quantitative estimate of drug-likeness (QED) is 0.381. The van der Waals surface area contributed by atoms with Gasteiger partial charge in [0.2, 0.25) is 0 Å². The minimum Gasteiger partial charge on any atom is -0.463 e. The van der Waals surface area contributed by atoms with E-state index in [-0.39, 0.29) is 18.5 Å². The summed E-state index contributed by atoms with van der Waals surface area (Å²) in [6.45, 7) is 7.44. The zero-order valence-corrected chi connectivity index (χ0v) is 12.8. The van der Waals surface area contributed by atoms with Gasteiger partial charge in [0.15, 0.2) is 0 Å². The van der Waals surface area contributed by atoms with Crippen LogP contribution in [-0.2, 0) is 23.7 Å². The van der Waals surface area contributed by atoms with Gasteiger partial charge in [-0.25, -0.2) is 0 Å². The van der Waals surface area contributed by atoms with E-state index in [1.807, 2.05) is 6.92 Å². The Hall–Kier alpha value is -0.690. The van der Waals surface area contributed by atoms with Crippen LogP contribution in [0.2, 0.25) is 0 Å². The number of ether oxygens (including phenoxy) is 4. The number of hydrogen-bond donors (Lipinski definition) is 1. The second-order valence-electron chi connectivity index (χ2n) is 4.46. The van der Waals surface area contributed by atoms with E-state index in [1.54, 1.807) is 0 Å². The smallest absolute Gasteiger partial charge is 0.308 e. The van der Waals surface area contributed by atoms with Crippen molar-refractivity contribution in [3.8, 4) is 0 Å². The largest absolute Gasteiger partial charge is 0.463 e. The Labute approximate surface area is 121 Å². The summed E-state index contributed by atoms with van der Waals surface area (Å²) in [5, 5.41) is 0. The van der Waals surface area contributed by atoms with E-state index < -0.39 is 0 Å². The SMILES string of the molecule is CCCC(C)OC(=O)CCOCCOCCOCCN. The van der Waals surface area contributed by atoms with Crippen molar-refractivity contribution in [2.45, 2.75) is 39.2 Å². The van der Waals surface area contributed by atoms with Crippen LogP contribution < -0.4 is 5.73 Å². The highest BCUT2D eigenvalue weighted by molar-refractivity contribution is 5.69. The van der Waals surface area contributed by atoms with Crippen molar-refractivity contribution in [2.75, 3.05) is 46.2 Å². The van der Waals surface area contributed by atoms with Crippen LogP contribution in [0.5, 0.6) is 0 Å². The van der Waals surface area contributed by atoms with Crippen molar-refractivity contribution in [1.29, 1.82) is 0 Å². The number of hydrogen-bond acceptors (Lipinski definition) is 6. The van der Waals surface area contributed by atoms with Gasteiger partial charge < -0.3 is 24.7 Å². The molecule has 0 radical (unpaired) electrons. The predicted molar refractivity (Wildman–Crippen MR) is 76.6 cm³/mol. The summed E-state index contributed by atoms with van der Waals surface area (Å²) in [6.07, 6.45) is 2.18. The fourth-order valence-electron chi connectivity index (χ4n) is 1.53. The molecule has 0 aliphatic heterocycles. The average molecular weight is 291 g/mol. The van der Waals surface area contributed by atoms with Crippen molar-refractivity contribution < 1.29 is 23.7 Å². The number of carbonyl (C=O) groups excluding carboxylic acids is 1. The molecule has 1 atom stereocenters. The zero-order valence-electron chi connectivity index (χ0n) is 12.8. The molecule has 0 rings (SSSR count). The summed E-state index contributed by atoms with van der Waals surface area (Å²) < 4.78 is 20.9. The highest BCUT2D eigenvalue weighted by Crippen LogP contribution is 2.02. The highest BCUT2D eigenvalue weighted by atomic mass is 16.6. The molecule has 1 unspecified atom stereocenters. The molecule has 6 nitrogen and oxygen atoms in total. The number of nitrogens with two attached hydrogens (primary N) is 1. The minimum absolute atomic E-state index is 0.00986. The van der Waals surface area contributed by atoms with Gasteiger partial charge in [-0.05, 0) is 13.3 Å². The maximum Gasteiger partial charge on any atom is 0.308 e. The van der Waals surface area contributed by atoms with Gasteiger partial charge in [0.05, 0.1) is 52.2 Å². The average Bonchev–Trinajstić information content (AvgIpc) is 2.41. The number of carbonyl (C=O) groups is 1. The van der Waals surface area contributed by atoms with Crippen LogP contribution >= 0.6 is 0 Å². The Morgan fingerprint density at radius 1 is 1.00 bits per heavy atom. The van der Waals surface area contributed by atoms with Gasteiger partial charge in [0.1, 0.15) is 0 Å². The van der Waals surface area contributed by atoms with Crippen LogP contribution in [0.25, 0.3) is 0 Å². The van der Waals surface area contributed by atoms with Gasteiger partial charge in [-0.15, -0.1) is 0 Å². The number of esters is 1. The Bertz CT molecular complexity index is 226. The third-order valence-corrected chi connectivity index (χ3v) is 2.48. The summed E-state index contributed by atoms with van der Waals surface area (Å²) >= 11 is 0. The van der Waals surface area contributed by atoms with Crippen molar-refractivity contribution in [1.82, 2.24) is 0 Å². The first kappa shape index (κ1) is 19.3. The molecule has 0 bridgehead atoms. The van der Waals surface area contributed by atoms with E-state index in [9.17, 15) is 4.79 Å². The first-order chi connectivity index (χ1) is 9.70. The lowest BCUT2D eigenvalue weighted by molar-refractivity contribution is -0.149. The lowest BCUT2D eigenvalue weighted by Gasteiger charge is -2.12. The fraction of sp³-hybridized carbons (Fsp3) is 0.929. The van der Waals surface area contributed by atoms with Gasteiger partial charge in [-0.1, -0.05) is 13.3 Å². The molecule has 20 heavy (non-hydrogen) atoms. The molecule has 0 heterocycles. The number of rotatable bonds is 14. The molecule has 0 aromatic heterocycles. The third kappa shape index (κ3) is 13.7. The standard InChI is InChI=1S/C14H29NO5/c1-3-4-13(2)20-14(16)5-7-17-9-11-19-12-10-18-8-6-15/h13H,3-12,15H2,1-2H3. The molecule has 0 aromatic rings. The zero-order chi connectivity index (χ0) is 15.1. The molecule has 0 saturated carbocycles. The monoisotopic (exact) mass is 291 g/mol. The Balaban J connectivity index is 3.21. The summed E-state index contributed by atoms with van der Waals surface area (Å²) in [5.41, 5.74) is 5.27. The van der Waals surface area contributed by atoms with Crippen LogP contribution in [0.3, 0.4) is 0 Å². The molecule has 0 spiro atoms. The summed E-state index contributed by atoms with van der Waals surface area (Å²) in [6, 6.07) is 0. The van der Waals surface area contributed by atoms with Gasteiger partial charge in [-0.2, -0.15) is 0 Å². The van der Waals surface area contributed by atoms with E-state index in [2.05, 4.69) is 6.92 Å². The van der Waals surface area contributed by atoms with E-state index >= 15 is 0 Å². The topological polar surface area (TPSA) is 80.0 Å². The second-order valence-corrected chi connectivity index (χ2v) is 4.46. The normalized spacial score (nSPS) is 12.3. The molecule has 0 aliphatic carbocycles. The van der Waals surface area contributed by atoms with E-state index in [0.29, 0.717) is 46.2 Å². The van der Waals surface area contributed by atoms with Crippen molar-refractivity contribution in [3.05, 3.63) is 0 Å². The van der Waals surface area contributed by atoms with Crippen LogP contribution in [0.15, 0.2) is 0 Å². The first-order valence-electron chi connectivity index (χ1n) is 7.33. The summed E-state index contributed by atoms with van der Waals surface area (Å²) in [5.74, 6) is -0.206. The lowest BCUT2D eigenvalue weighted by Crippen LogP contribution is -2.17. The predicted octanol–water partition coefficient (Wildman–Crippen LogP) is 1.12. The molecular weight excluding hydrogens is 262 g/mol. The molecule has 0 saturated heterocycles. The van der Waals surface area contributed by atoms with Gasteiger partial charge in [-0.3, -0.25) is 4.79 Å². The lowest BCUT2D eigenvalue weighted by atomic mass is 10.2. The molecule has 2 N–H and O–H groups in total. The minimum atomic E-state index is -0.206. The molecule has 6 heteroatoms. The first-order valence-corrected chi connectivity index (χ1v) is 7.33. The Morgan fingerprint density at radius 2 is 1.55 bits per heavy atom.